The van der Waals surface area contributed by atoms with Crippen LogP contribution in [0.25, 0.3) is 0 Å². The molecule has 1 aliphatic rings. The normalized spacial score (nSPS) is 18.3. The molecule has 2 rings (SSSR count). The predicted molar refractivity (Wildman–Crippen MR) is 104 cm³/mol. The van der Waals surface area contributed by atoms with Crippen molar-refractivity contribution in [3.8, 4) is 0 Å². The summed E-state index contributed by atoms with van der Waals surface area (Å²) < 4.78 is 12.7. The fourth-order valence-electron chi connectivity index (χ4n) is 2.22. The minimum Gasteiger partial charge on any atom is -0.370 e. The van der Waals surface area contributed by atoms with Crippen LogP contribution in [0.3, 0.4) is 0 Å². The maximum Gasteiger partial charge on any atom is 0.193 e. The maximum absolute atomic E-state index is 12.7. The van der Waals surface area contributed by atoms with Gasteiger partial charge in [0, 0.05) is 18.3 Å². The lowest BCUT2D eigenvalue weighted by Gasteiger charge is -2.35. The molecule has 0 fully saturated rings. The summed E-state index contributed by atoms with van der Waals surface area (Å²) >= 11 is 5.26. The highest BCUT2D eigenvalue weighted by Crippen LogP contribution is 2.27. The highest BCUT2D eigenvalue weighted by molar-refractivity contribution is 8.00. The van der Waals surface area contributed by atoms with E-state index in [9.17, 15) is 4.21 Å². The lowest BCUT2D eigenvalue weighted by Crippen LogP contribution is -2.38. The number of nitrogens with one attached hydrogen (secondary N) is 1. The summed E-state index contributed by atoms with van der Waals surface area (Å²) in [5, 5.41) is 3.49. The van der Waals surface area contributed by atoms with Crippen molar-refractivity contribution in [2.45, 2.75) is 51.4 Å². The number of thiocarbonyl (C=S) groups is 1. The molecule has 1 aliphatic heterocycles. The molecular weight excluding hydrogens is 326 g/mol. The van der Waals surface area contributed by atoms with Gasteiger partial charge in [-0.1, -0.05) is 30.4 Å². The molecular formula is C17H25N3OS2. The molecule has 1 aromatic carbocycles. The smallest absolute Gasteiger partial charge is 0.193 e. The third-order valence-corrected chi connectivity index (χ3v) is 5.82. The van der Waals surface area contributed by atoms with Gasteiger partial charge in [0.1, 0.15) is 10.5 Å². The first kappa shape index (κ1) is 18.1. The minimum absolute atomic E-state index is 0.00964. The first-order valence-corrected chi connectivity index (χ1v) is 9.36. The molecule has 1 unspecified atom stereocenters. The Morgan fingerprint density at radius 1 is 1.30 bits per heavy atom. The zero-order valence-electron chi connectivity index (χ0n) is 14.6. The SMILES string of the molecule is CN(c1ccccc1CS(=O)C1=NC(C)(C)C(=S)N1)C(C)(C)C. The van der Waals surface area contributed by atoms with Crippen LogP contribution in [-0.2, 0) is 16.6 Å². The fraction of sp³-hybridized carbons (Fsp3) is 0.529. The van der Waals surface area contributed by atoms with Crippen LogP contribution in [0.1, 0.15) is 40.2 Å². The van der Waals surface area contributed by atoms with Gasteiger partial charge < -0.3 is 10.2 Å². The van der Waals surface area contributed by atoms with Crippen LogP contribution in [-0.4, -0.2) is 32.5 Å². The van der Waals surface area contributed by atoms with Crippen molar-refractivity contribution < 1.29 is 4.21 Å². The van der Waals surface area contributed by atoms with E-state index < -0.39 is 16.3 Å². The van der Waals surface area contributed by atoms with Crippen LogP contribution < -0.4 is 10.2 Å². The van der Waals surface area contributed by atoms with Crippen molar-refractivity contribution in [1.82, 2.24) is 5.32 Å². The number of aliphatic imine (C=N–C) groups is 1. The lowest BCUT2D eigenvalue weighted by atomic mass is 10.0. The van der Waals surface area contributed by atoms with Crippen LogP contribution in [0.4, 0.5) is 5.69 Å². The number of benzene rings is 1. The van der Waals surface area contributed by atoms with Gasteiger partial charge in [-0.2, -0.15) is 0 Å². The second kappa shape index (κ2) is 6.32. The quantitative estimate of drug-likeness (QED) is 0.849. The van der Waals surface area contributed by atoms with Crippen molar-refractivity contribution in [2.24, 2.45) is 4.99 Å². The van der Waals surface area contributed by atoms with E-state index in [4.69, 9.17) is 12.2 Å². The summed E-state index contributed by atoms with van der Waals surface area (Å²) in [5.41, 5.74) is 1.66. The third-order valence-electron chi connectivity index (χ3n) is 4.02. The molecule has 0 bridgehead atoms. The summed E-state index contributed by atoms with van der Waals surface area (Å²) in [6.07, 6.45) is 0. The van der Waals surface area contributed by atoms with Gasteiger partial charge in [-0.05, 0) is 46.2 Å². The topological polar surface area (TPSA) is 44.7 Å². The van der Waals surface area contributed by atoms with Crippen molar-refractivity contribution in [3.05, 3.63) is 29.8 Å². The zero-order chi connectivity index (χ0) is 17.4. The van der Waals surface area contributed by atoms with E-state index in [0.29, 0.717) is 15.9 Å². The molecule has 0 aromatic heterocycles. The predicted octanol–water partition coefficient (Wildman–Crippen LogP) is 3.24. The molecule has 1 N–H and O–H groups in total. The van der Waals surface area contributed by atoms with E-state index in [1.165, 1.54) is 0 Å². The lowest BCUT2D eigenvalue weighted by molar-refractivity contribution is 0.537. The fourth-order valence-corrected chi connectivity index (χ4v) is 3.64. The molecule has 126 valence electrons. The first-order valence-electron chi connectivity index (χ1n) is 7.64. The van der Waals surface area contributed by atoms with Gasteiger partial charge in [0.25, 0.3) is 0 Å². The summed E-state index contributed by atoms with van der Waals surface area (Å²) in [5.74, 6) is 0.418. The van der Waals surface area contributed by atoms with Crippen LogP contribution in [0.2, 0.25) is 0 Å². The van der Waals surface area contributed by atoms with E-state index in [2.05, 4.69) is 49.1 Å². The van der Waals surface area contributed by atoms with E-state index in [-0.39, 0.29) is 5.54 Å². The average molecular weight is 352 g/mol. The van der Waals surface area contributed by atoms with Crippen LogP contribution >= 0.6 is 12.2 Å². The Morgan fingerprint density at radius 2 is 1.91 bits per heavy atom. The van der Waals surface area contributed by atoms with Crippen LogP contribution in [0, 0.1) is 0 Å². The van der Waals surface area contributed by atoms with Gasteiger partial charge in [-0.3, -0.25) is 4.21 Å². The van der Waals surface area contributed by atoms with Gasteiger partial charge >= 0.3 is 0 Å². The molecule has 1 heterocycles. The number of amidine groups is 1. The van der Waals surface area contributed by atoms with Crippen LogP contribution in [0.5, 0.6) is 0 Å². The highest BCUT2D eigenvalue weighted by Gasteiger charge is 2.33. The first-order chi connectivity index (χ1) is 10.5. The number of nitrogens with zero attached hydrogens (tertiary/aromatic N) is 2. The van der Waals surface area contributed by atoms with Gasteiger partial charge in [-0.25, -0.2) is 4.99 Å². The zero-order valence-corrected chi connectivity index (χ0v) is 16.3. The number of anilines is 1. The van der Waals surface area contributed by atoms with Crippen molar-refractivity contribution in [1.29, 1.82) is 0 Å². The Bertz CT molecular complexity index is 675. The molecule has 1 aromatic rings. The number of hydrogen-bond donors (Lipinski definition) is 1. The van der Waals surface area contributed by atoms with Gasteiger partial charge in [0.05, 0.1) is 16.6 Å². The summed E-state index contributed by atoms with van der Waals surface area (Å²) in [6, 6.07) is 8.07. The molecule has 0 aliphatic carbocycles. The summed E-state index contributed by atoms with van der Waals surface area (Å²) in [6.45, 7) is 10.3. The minimum atomic E-state index is -1.24. The monoisotopic (exact) mass is 351 g/mol. The van der Waals surface area contributed by atoms with Gasteiger partial charge in [0.2, 0.25) is 0 Å². The van der Waals surface area contributed by atoms with Gasteiger partial charge in [-0.15, -0.1) is 0 Å². The van der Waals surface area contributed by atoms with Crippen molar-refractivity contribution in [3.63, 3.8) is 0 Å². The molecule has 6 heteroatoms. The third kappa shape index (κ3) is 3.98. The average Bonchev–Trinajstić information content (AvgIpc) is 2.72. The number of para-hydroxylation sites is 1. The van der Waals surface area contributed by atoms with E-state index in [0.717, 1.165) is 11.3 Å². The Balaban J connectivity index is 2.25. The molecule has 0 spiro atoms. The Hall–Kier alpha value is -1.27. The Labute approximate surface area is 146 Å². The van der Waals surface area contributed by atoms with E-state index in [1.54, 1.807) is 0 Å². The molecule has 23 heavy (non-hydrogen) atoms. The summed E-state index contributed by atoms with van der Waals surface area (Å²) in [4.78, 5) is 7.30. The van der Waals surface area contributed by atoms with Crippen molar-refractivity contribution in [2.75, 3.05) is 11.9 Å². The second-order valence-electron chi connectivity index (χ2n) is 7.28. The molecule has 0 saturated carbocycles. The molecule has 1 atom stereocenters. The standard InChI is InChI=1S/C17H25N3OS2/c1-16(2,3)20(6)13-10-8-7-9-12(13)11-23(21)15-18-14(22)17(4,5)19-15/h7-10H,11H2,1-6H3,(H,18,19,22). The van der Waals surface area contributed by atoms with Crippen molar-refractivity contribution >= 4 is 38.9 Å². The number of rotatable bonds is 3. The van der Waals surface area contributed by atoms with E-state index >= 15 is 0 Å². The maximum atomic E-state index is 12.7. The Morgan fingerprint density at radius 3 is 2.43 bits per heavy atom. The second-order valence-corrected chi connectivity index (χ2v) is 9.05. The molecule has 0 saturated heterocycles. The number of hydrogen-bond acceptors (Lipinski definition) is 4. The van der Waals surface area contributed by atoms with Gasteiger partial charge in [0.15, 0.2) is 5.17 Å². The molecule has 4 nitrogen and oxygen atoms in total. The molecule has 0 radical (unpaired) electrons. The van der Waals surface area contributed by atoms with Crippen LogP contribution in [0.15, 0.2) is 29.3 Å². The van der Waals surface area contributed by atoms with E-state index in [1.807, 2.05) is 32.0 Å². The Kier molecular flexibility index (Phi) is 4.97. The molecule has 0 amide bonds. The largest absolute Gasteiger partial charge is 0.370 e. The summed E-state index contributed by atoms with van der Waals surface area (Å²) in [7, 11) is 0.818. The highest BCUT2D eigenvalue weighted by atomic mass is 32.2.